The van der Waals surface area contributed by atoms with Crippen LogP contribution in [0, 0.1) is 0 Å². The van der Waals surface area contributed by atoms with Crippen molar-refractivity contribution in [3.63, 3.8) is 0 Å². The molecule has 0 aliphatic carbocycles. The van der Waals surface area contributed by atoms with Crippen molar-refractivity contribution < 1.29 is 13.9 Å². The predicted octanol–water partition coefficient (Wildman–Crippen LogP) is 2.03. The van der Waals surface area contributed by atoms with E-state index < -0.39 is 5.97 Å². The van der Waals surface area contributed by atoms with Crippen LogP contribution in [0.3, 0.4) is 0 Å². The Bertz CT molecular complexity index is 633. The molecule has 0 aromatic carbocycles. The number of piperazine rings is 1. The molecule has 1 atom stereocenters. The molecule has 124 valence electrons. The van der Waals surface area contributed by atoms with Gasteiger partial charge in [0.2, 0.25) is 5.76 Å². The summed E-state index contributed by atoms with van der Waals surface area (Å²) >= 11 is 0. The zero-order valence-corrected chi connectivity index (χ0v) is 13.7. The second-order valence-corrected chi connectivity index (χ2v) is 5.23. The number of halogens is 1. The van der Waals surface area contributed by atoms with E-state index >= 15 is 0 Å². The van der Waals surface area contributed by atoms with Crippen molar-refractivity contribution in [1.82, 2.24) is 15.2 Å². The van der Waals surface area contributed by atoms with E-state index in [1.54, 1.807) is 6.07 Å². The van der Waals surface area contributed by atoms with Crippen LogP contribution < -0.4 is 5.32 Å². The van der Waals surface area contributed by atoms with Gasteiger partial charge in [-0.1, -0.05) is 0 Å². The minimum absolute atomic E-state index is 0. The molecule has 3 heterocycles. The molecule has 23 heavy (non-hydrogen) atoms. The first-order valence-corrected chi connectivity index (χ1v) is 7.29. The Balaban J connectivity index is 0.00000192. The normalized spacial score (nSPS) is 18.2. The number of nitrogens with zero attached hydrogens (tertiary/aromatic N) is 2. The molecule has 0 bridgehead atoms. The maximum atomic E-state index is 11.5. The summed E-state index contributed by atoms with van der Waals surface area (Å²) in [6.45, 7) is 3.40. The second-order valence-electron chi connectivity index (χ2n) is 5.23. The van der Waals surface area contributed by atoms with Crippen molar-refractivity contribution in [2.45, 2.75) is 12.6 Å². The lowest BCUT2D eigenvalue weighted by atomic mass is 10.0. The molecule has 6 nitrogen and oxygen atoms in total. The summed E-state index contributed by atoms with van der Waals surface area (Å²) in [4.78, 5) is 17.9. The summed E-state index contributed by atoms with van der Waals surface area (Å²) in [7, 11) is 1.35. The third-order valence-electron chi connectivity index (χ3n) is 3.85. The Morgan fingerprint density at radius 2 is 2.17 bits per heavy atom. The first-order chi connectivity index (χ1) is 10.8. The van der Waals surface area contributed by atoms with Gasteiger partial charge in [0.15, 0.2) is 0 Å². The molecular formula is C16H20ClN3O3. The van der Waals surface area contributed by atoms with Gasteiger partial charge in [0, 0.05) is 38.1 Å². The van der Waals surface area contributed by atoms with Crippen LogP contribution in [0.5, 0.6) is 0 Å². The fourth-order valence-electron chi connectivity index (χ4n) is 2.72. The van der Waals surface area contributed by atoms with Gasteiger partial charge in [-0.2, -0.15) is 0 Å². The van der Waals surface area contributed by atoms with E-state index in [0.717, 1.165) is 25.4 Å². The number of aromatic nitrogens is 1. The minimum Gasteiger partial charge on any atom is -0.463 e. The van der Waals surface area contributed by atoms with E-state index in [2.05, 4.69) is 19.9 Å². The highest BCUT2D eigenvalue weighted by Crippen LogP contribution is 2.24. The third-order valence-corrected chi connectivity index (χ3v) is 3.85. The molecule has 0 amide bonds. The van der Waals surface area contributed by atoms with E-state index in [1.807, 2.05) is 30.6 Å². The Morgan fingerprint density at radius 1 is 1.39 bits per heavy atom. The number of rotatable bonds is 4. The molecule has 0 radical (unpaired) electrons. The van der Waals surface area contributed by atoms with E-state index in [9.17, 15) is 4.79 Å². The standard InChI is InChI=1S/C16H19N3O3.ClH/c1-21-16(20)15-3-2-13(22-15)11-19-9-8-18-10-14(19)12-4-6-17-7-5-12;/h2-7,14,18H,8-11H2,1H3;1H. The average Bonchev–Trinajstić information content (AvgIpc) is 3.04. The minimum atomic E-state index is -0.447. The van der Waals surface area contributed by atoms with Gasteiger partial charge in [0.1, 0.15) is 5.76 Å². The van der Waals surface area contributed by atoms with Crippen LogP contribution in [0.15, 0.2) is 41.1 Å². The summed E-state index contributed by atoms with van der Waals surface area (Å²) in [6.07, 6.45) is 3.62. The van der Waals surface area contributed by atoms with Gasteiger partial charge in [-0.25, -0.2) is 4.79 Å². The number of carbonyl (C=O) groups is 1. The number of esters is 1. The van der Waals surface area contributed by atoms with Crippen LogP contribution >= 0.6 is 12.4 Å². The van der Waals surface area contributed by atoms with Crippen molar-refractivity contribution in [3.8, 4) is 0 Å². The summed E-state index contributed by atoms with van der Waals surface area (Å²) in [5.41, 5.74) is 1.22. The predicted molar refractivity (Wildman–Crippen MR) is 87.6 cm³/mol. The number of carbonyl (C=O) groups excluding carboxylic acids is 1. The average molecular weight is 338 g/mol. The number of ether oxygens (including phenoxy) is 1. The number of hydrogen-bond donors (Lipinski definition) is 1. The summed E-state index contributed by atoms with van der Waals surface area (Å²) in [5, 5.41) is 3.41. The quantitative estimate of drug-likeness (QED) is 0.861. The van der Waals surface area contributed by atoms with Crippen LogP contribution in [0.1, 0.15) is 27.9 Å². The number of furan rings is 1. The lowest BCUT2D eigenvalue weighted by Gasteiger charge is -2.35. The smallest absolute Gasteiger partial charge is 0.373 e. The molecule has 1 aliphatic heterocycles. The summed E-state index contributed by atoms with van der Waals surface area (Å²) < 4.78 is 10.2. The number of pyridine rings is 1. The van der Waals surface area contributed by atoms with Crippen molar-refractivity contribution >= 4 is 18.4 Å². The van der Waals surface area contributed by atoms with Gasteiger partial charge in [-0.15, -0.1) is 12.4 Å². The van der Waals surface area contributed by atoms with E-state index in [0.29, 0.717) is 6.54 Å². The molecule has 1 saturated heterocycles. The highest BCUT2D eigenvalue weighted by molar-refractivity contribution is 5.86. The van der Waals surface area contributed by atoms with Gasteiger partial charge in [0.05, 0.1) is 13.7 Å². The van der Waals surface area contributed by atoms with Crippen LogP contribution in [0.2, 0.25) is 0 Å². The Hall–Kier alpha value is -1.89. The van der Waals surface area contributed by atoms with Crippen LogP contribution in [0.25, 0.3) is 0 Å². The largest absolute Gasteiger partial charge is 0.463 e. The first kappa shape index (κ1) is 17.5. The lowest BCUT2D eigenvalue weighted by Crippen LogP contribution is -2.45. The SMILES string of the molecule is COC(=O)c1ccc(CN2CCNCC2c2ccncc2)o1.Cl. The molecule has 3 rings (SSSR count). The molecule has 2 aromatic rings. The van der Waals surface area contributed by atoms with Gasteiger partial charge >= 0.3 is 5.97 Å². The molecule has 7 heteroatoms. The van der Waals surface area contributed by atoms with Crippen LogP contribution in [-0.4, -0.2) is 42.6 Å². The van der Waals surface area contributed by atoms with Gasteiger partial charge in [-0.3, -0.25) is 9.88 Å². The number of hydrogen-bond acceptors (Lipinski definition) is 6. The fourth-order valence-corrected chi connectivity index (χ4v) is 2.72. The molecule has 1 N–H and O–H groups in total. The Morgan fingerprint density at radius 3 is 2.91 bits per heavy atom. The molecule has 0 spiro atoms. The maximum absolute atomic E-state index is 11.5. The van der Waals surface area contributed by atoms with Crippen molar-refractivity contribution in [1.29, 1.82) is 0 Å². The van der Waals surface area contributed by atoms with Crippen molar-refractivity contribution in [2.75, 3.05) is 26.7 Å². The first-order valence-electron chi connectivity index (χ1n) is 7.29. The monoisotopic (exact) mass is 337 g/mol. The summed E-state index contributed by atoms with van der Waals surface area (Å²) in [5.74, 6) is 0.562. The number of nitrogens with one attached hydrogen (secondary N) is 1. The van der Waals surface area contributed by atoms with E-state index in [-0.39, 0.29) is 24.2 Å². The van der Waals surface area contributed by atoms with E-state index in [4.69, 9.17) is 4.42 Å². The molecule has 1 fully saturated rings. The Labute approximate surface area is 141 Å². The zero-order chi connectivity index (χ0) is 15.4. The third kappa shape index (κ3) is 4.10. The van der Waals surface area contributed by atoms with Crippen LogP contribution in [0.4, 0.5) is 0 Å². The van der Waals surface area contributed by atoms with Crippen molar-refractivity contribution in [3.05, 3.63) is 53.7 Å². The Kier molecular flexibility index (Phi) is 6.15. The van der Waals surface area contributed by atoms with Gasteiger partial charge in [-0.05, 0) is 29.8 Å². The van der Waals surface area contributed by atoms with E-state index in [1.165, 1.54) is 12.7 Å². The zero-order valence-electron chi connectivity index (χ0n) is 12.9. The van der Waals surface area contributed by atoms with Crippen LogP contribution in [-0.2, 0) is 11.3 Å². The second kappa shape index (κ2) is 8.10. The lowest BCUT2D eigenvalue weighted by molar-refractivity contribution is 0.0559. The highest BCUT2D eigenvalue weighted by Gasteiger charge is 2.25. The highest BCUT2D eigenvalue weighted by atomic mass is 35.5. The molecule has 0 saturated carbocycles. The number of methoxy groups -OCH3 is 1. The van der Waals surface area contributed by atoms with Crippen molar-refractivity contribution in [2.24, 2.45) is 0 Å². The molecule has 1 unspecified atom stereocenters. The van der Waals surface area contributed by atoms with Gasteiger partial charge in [0.25, 0.3) is 0 Å². The topological polar surface area (TPSA) is 67.6 Å². The van der Waals surface area contributed by atoms with Gasteiger partial charge < -0.3 is 14.5 Å². The molecular weight excluding hydrogens is 318 g/mol. The fraction of sp³-hybridized carbons (Fsp3) is 0.375. The summed E-state index contributed by atoms with van der Waals surface area (Å²) in [6, 6.07) is 7.82. The molecule has 2 aromatic heterocycles. The maximum Gasteiger partial charge on any atom is 0.373 e. The molecule has 1 aliphatic rings.